The van der Waals surface area contributed by atoms with Crippen LogP contribution in [0.2, 0.25) is 0 Å². The van der Waals surface area contributed by atoms with Crippen LogP contribution < -0.4 is 0 Å². The fourth-order valence-electron chi connectivity index (χ4n) is 1.84. The SMILES string of the molecule is c1ccc(CCC2CCCS2)cc1. The molecule has 1 aliphatic rings. The zero-order valence-corrected chi connectivity index (χ0v) is 8.72. The maximum atomic E-state index is 2.24. The van der Waals surface area contributed by atoms with Gasteiger partial charge in [0.05, 0.1) is 0 Å². The van der Waals surface area contributed by atoms with Crippen molar-refractivity contribution in [2.75, 3.05) is 5.75 Å². The second kappa shape index (κ2) is 4.71. The monoisotopic (exact) mass is 192 g/mol. The standard InChI is InChI=1S/C12H16S/c1-2-5-11(6-3-1)8-9-12-7-4-10-13-12/h1-3,5-6,12H,4,7-10H2. The van der Waals surface area contributed by atoms with Crippen LogP contribution in [-0.2, 0) is 6.42 Å². The fourth-order valence-corrected chi connectivity index (χ4v) is 3.13. The van der Waals surface area contributed by atoms with Gasteiger partial charge in [0.2, 0.25) is 0 Å². The van der Waals surface area contributed by atoms with E-state index >= 15 is 0 Å². The molecule has 13 heavy (non-hydrogen) atoms. The van der Waals surface area contributed by atoms with Crippen molar-refractivity contribution in [3.63, 3.8) is 0 Å². The number of thioether (sulfide) groups is 1. The van der Waals surface area contributed by atoms with Crippen LogP contribution in [0.25, 0.3) is 0 Å². The van der Waals surface area contributed by atoms with E-state index in [9.17, 15) is 0 Å². The van der Waals surface area contributed by atoms with Gasteiger partial charge in [0.1, 0.15) is 0 Å². The van der Waals surface area contributed by atoms with E-state index in [1.165, 1.54) is 37.0 Å². The lowest BCUT2D eigenvalue weighted by Gasteiger charge is -2.07. The highest BCUT2D eigenvalue weighted by molar-refractivity contribution is 8.00. The molecule has 1 aromatic carbocycles. The van der Waals surface area contributed by atoms with Crippen LogP contribution in [-0.4, -0.2) is 11.0 Å². The molecule has 1 aromatic rings. The Hall–Kier alpha value is -0.430. The number of aryl methyl sites for hydroxylation is 1. The summed E-state index contributed by atoms with van der Waals surface area (Å²) in [4.78, 5) is 0. The topological polar surface area (TPSA) is 0 Å². The van der Waals surface area contributed by atoms with Gasteiger partial charge < -0.3 is 0 Å². The Labute approximate surface area is 84.7 Å². The summed E-state index contributed by atoms with van der Waals surface area (Å²) < 4.78 is 0. The third kappa shape index (κ3) is 2.77. The predicted molar refractivity (Wildman–Crippen MR) is 60.2 cm³/mol. The van der Waals surface area contributed by atoms with E-state index in [2.05, 4.69) is 42.1 Å². The number of benzene rings is 1. The largest absolute Gasteiger partial charge is 0.159 e. The van der Waals surface area contributed by atoms with E-state index in [0.717, 1.165) is 5.25 Å². The predicted octanol–water partition coefficient (Wildman–Crippen LogP) is 3.51. The summed E-state index contributed by atoms with van der Waals surface area (Å²) in [6, 6.07) is 10.8. The highest BCUT2D eigenvalue weighted by Crippen LogP contribution is 2.29. The molecule has 1 unspecified atom stereocenters. The molecular formula is C12H16S. The maximum Gasteiger partial charge on any atom is 0.00505 e. The van der Waals surface area contributed by atoms with Crippen LogP contribution in [0.1, 0.15) is 24.8 Å². The Kier molecular flexibility index (Phi) is 3.31. The Balaban J connectivity index is 1.79. The Morgan fingerprint density at radius 1 is 1.23 bits per heavy atom. The average Bonchev–Trinajstić information content (AvgIpc) is 2.69. The van der Waals surface area contributed by atoms with Crippen molar-refractivity contribution in [1.82, 2.24) is 0 Å². The summed E-state index contributed by atoms with van der Waals surface area (Å²) >= 11 is 2.16. The Morgan fingerprint density at radius 3 is 2.77 bits per heavy atom. The van der Waals surface area contributed by atoms with Crippen molar-refractivity contribution in [2.24, 2.45) is 0 Å². The third-order valence-electron chi connectivity index (χ3n) is 2.62. The molecule has 0 aliphatic carbocycles. The lowest BCUT2D eigenvalue weighted by Crippen LogP contribution is -1.98. The molecule has 2 rings (SSSR count). The van der Waals surface area contributed by atoms with Gasteiger partial charge in [0, 0.05) is 5.25 Å². The first-order valence-corrected chi connectivity index (χ1v) is 6.15. The Bertz CT molecular complexity index is 237. The van der Waals surface area contributed by atoms with Crippen LogP contribution in [0.5, 0.6) is 0 Å². The fraction of sp³-hybridized carbons (Fsp3) is 0.500. The molecule has 0 bridgehead atoms. The molecule has 0 saturated carbocycles. The highest BCUT2D eigenvalue weighted by Gasteiger charge is 2.14. The van der Waals surface area contributed by atoms with E-state index in [4.69, 9.17) is 0 Å². The number of rotatable bonds is 3. The second-order valence-corrected chi connectivity index (χ2v) is 5.07. The zero-order valence-electron chi connectivity index (χ0n) is 7.91. The summed E-state index contributed by atoms with van der Waals surface area (Å²) in [5.74, 6) is 1.39. The summed E-state index contributed by atoms with van der Waals surface area (Å²) in [5.41, 5.74) is 1.50. The average molecular weight is 192 g/mol. The number of hydrogen-bond donors (Lipinski definition) is 0. The minimum Gasteiger partial charge on any atom is -0.159 e. The van der Waals surface area contributed by atoms with E-state index < -0.39 is 0 Å². The molecule has 1 heterocycles. The molecule has 0 amide bonds. The maximum absolute atomic E-state index is 2.24. The number of hydrogen-bond acceptors (Lipinski definition) is 1. The molecule has 0 N–H and O–H groups in total. The van der Waals surface area contributed by atoms with Crippen molar-refractivity contribution in [1.29, 1.82) is 0 Å². The first-order valence-electron chi connectivity index (χ1n) is 5.11. The van der Waals surface area contributed by atoms with Gasteiger partial charge in [-0.1, -0.05) is 30.3 Å². The van der Waals surface area contributed by atoms with Crippen molar-refractivity contribution < 1.29 is 0 Å². The van der Waals surface area contributed by atoms with Gasteiger partial charge in [-0.2, -0.15) is 11.8 Å². The van der Waals surface area contributed by atoms with Crippen LogP contribution in [0, 0.1) is 0 Å². The molecule has 0 aromatic heterocycles. The minimum atomic E-state index is 0.945. The molecule has 1 fully saturated rings. The van der Waals surface area contributed by atoms with Gasteiger partial charge in [0.25, 0.3) is 0 Å². The van der Waals surface area contributed by atoms with Gasteiger partial charge >= 0.3 is 0 Å². The molecule has 1 heteroatoms. The lowest BCUT2D eigenvalue weighted by atomic mass is 10.1. The molecule has 0 nitrogen and oxygen atoms in total. The van der Waals surface area contributed by atoms with E-state index in [-0.39, 0.29) is 0 Å². The molecule has 1 atom stereocenters. The lowest BCUT2D eigenvalue weighted by molar-refractivity contribution is 0.716. The molecule has 70 valence electrons. The van der Waals surface area contributed by atoms with Gasteiger partial charge in [-0.3, -0.25) is 0 Å². The van der Waals surface area contributed by atoms with Crippen molar-refractivity contribution in [3.05, 3.63) is 35.9 Å². The first-order chi connectivity index (χ1) is 6.45. The van der Waals surface area contributed by atoms with E-state index in [0.29, 0.717) is 0 Å². The van der Waals surface area contributed by atoms with Crippen molar-refractivity contribution >= 4 is 11.8 Å². The van der Waals surface area contributed by atoms with Crippen LogP contribution in [0.15, 0.2) is 30.3 Å². The molecule has 1 saturated heterocycles. The summed E-state index contributed by atoms with van der Waals surface area (Å²) in [6.07, 6.45) is 5.51. The van der Waals surface area contributed by atoms with Crippen LogP contribution in [0.3, 0.4) is 0 Å². The normalized spacial score (nSPS) is 22.0. The van der Waals surface area contributed by atoms with Gasteiger partial charge in [-0.05, 0) is 37.0 Å². The molecular weight excluding hydrogens is 176 g/mol. The molecule has 0 spiro atoms. The highest BCUT2D eigenvalue weighted by atomic mass is 32.2. The minimum absolute atomic E-state index is 0.945. The Morgan fingerprint density at radius 2 is 2.08 bits per heavy atom. The van der Waals surface area contributed by atoms with Crippen LogP contribution >= 0.6 is 11.8 Å². The van der Waals surface area contributed by atoms with Crippen molar-refractivity contribution in [2.45, 2.75) is 30.9 Å². The quantitative estimate of drug-likeness (QED) is 0.706. The van der Waals surface area contributed by atoms with E-state index in [1.807, 2.05) is 0 Å². The summed E-state index contributed by atoms with van der Waals surface area (Å²) in [5, 5.41) is 0.945. The van der Waals surface area contributed by atoms with Gasteiger partial charge in [-0.25, -0.2) is 0 Å². The van der Waals surface area contributed by atoms with E-state index in [1.54, 1.807) is 0 Å². The summed E-state index contributed by atoms with van der Waals surface area (Å²) in [7, 11) is 0. The molecule has 0 radical (unpaired) electrons. The van der Waals surface area contributed by atoms with Crippen LogP contribution in [0.4, 0.5) is 0 Å². The molecule has 1 aliphatic heterocycles. The smallest absolute Gasteiger partial charge is 0.00505 e. The van der Waals surface area contributed by atoms with Crippen molar-refractivity contribution in [3.8, 4) is 0 Å². The van der Waals surface area contributed by atoms with Gasteiger partial charge in [-0.15, -0.1) is 0 Å². The first kappa shape index (κ1) is 9.14. The summed E-state index contributed by atoms with van der Waals surface area (Å²) in [6.45, 7) is 0. The second-order valence-electron chi connectivity index (χ2n) is 3.66. The third-order valence-corrected chi connectivity index (χ3v) is 4.09. The van der Waals surface area contributed by atoms with Gasteiger partial charge in [0.15, 0.2) is 0 Å². The zero-order chi connectivity index (χ0) is 8.93.